The number of aliphatic hydroxyl groups is 1. The van der Waals surface area contributed by atoms with Gasteiger partial charge >= 0.3 is 6.09 Å². The van der Waals surface area contributed by atoms with Crippen molar-refractivity contribution in [2.75, 3.05) is 32.8 Å². The number of carbonyl (C=O) groups excluding carboxylic acids is 3. The first-order chi connectivity index (χ1) is 19.6. The third kappa shape index (κ3) is 8.65. The Balaban J connectivity index is 1.29. The van der Waals surface area contributed by atoms with Crippen LogP contribution < -0.4 is 15.4 Å². The molecule has 0 spiro atoms. The summed E-state index contributed by atoms with van der Waals surface area (Å²) in [6.07, 6.45) is -1.79. The molecule has 0 aromatic heterocycles. The maximum Gasteiger partial charge on any atom is 0.407 e. The summed E-state index contributed by atoms with van der Waals surface area (Å²) in [5.41, 5.74) is 0.849. The molecule has 2 aliphatic heterocycles. The number of aliphatic hydroxyl groups excluding tert-OH is 1. The van der Waals surface area contributed by atoms with Crippen LogP contribution in [-0.2, 0) is 30.4 Å². The summed E-state index contributed by atoms with van der Waals surface area (Å²) in [5.74, 6) is -1.37. The molecular formula is C29H36BrN3O8. The molecule has 12 heteroatoms. The number of hydrogen-bond donors (Lipinski definition) is 3. The van der Waals surface area contributed by atoms with E-state index in [9.17, 15) is 19.5 Å². The fourth-order valence-corrected chi connectivity index (χ4v) is 5.17. The maximum atomic E-state index is 13.4. The van der Waals surface area contributed by atoms with Gasteiger partial charge in [0.1, 0.15) is 30.6 Å². The molecule has 2 aliphatic rings. The van der Waals surface area contributed by atoms with Crippen molar-refractivity contribution in [3.05, 3.63) is 64.6 Å². The molecule has 11 nitrogen and oxygen atoms in total. The van der Waals surface area contributed by atoms with Gasteiger partial charge in [0.15, 0.2) is 5.79 Å². The zero-order chi connectivity index (χ0) is 29.4. The van der Waals surface area contributed by atoms with E-state index in [4.69, 9.17) is 18.9 Å². The second kappa shape index (κ2) is 14.1. The Morgan fingerprint density at radius 2 is 1.90 bits per heavy atom. The average molecular weight is 635 g/mol. The van der Waals surface area contributed by atoms with E-state index in [1.807, 2.05) is 48.5 Å². The molecule has 41 heavy (non-hydrogen) atoms. The molecule has 2 aromatic rings. The third-order valence-electron chi connectivity index (χ3n) is 6.76. The third-order valence-corrected chi connectivity index (χ3v) is 7.25. The molecular weight excluding hydrogens is 598 g/mol. The summed E-state index contributed by atoms with van der Waals surface area (Å²) in [6.45, 7) is 3.98. The number of nitrogens with zero attached hydrogens (tertiary/aromatic N) is 1. The lowest BCUT2D eigenvalue weighted by Crippen LogP contribution is -2.52. The number of amides is 3. The van der Waals surface area contributed by atoms with E-state index in [2.05, 4.69) is 26.6 Å². The van der Waals surface area contributed by atoms with Gasteiger partial charge in [0, 0.05) is 29.9 Å². The van der Waals surface area contributed by atoms with Gasteiger partial charge in [-0.2, -0.15) is 0 Å². The molecule has 4 atom stereocenters. The van der Waals surface area contributed by atoms with Crippen LogP contribution in [0.2, 0.25) is 0 Å². The highest BCUT2D eigenvalue weighted by molar-refractivity contribution is 9.10. The zero-order valence-electron chi connectivity index (χ0n) is 23.1. The first-order valence-electron chi connectivity index (χ1n) is 13.5. The molecule has 2 heterocycles. The highest BCUT2D eigenvalue weighted by Gasteiger charge is 2.56. The van der Waals surface area contributed by atoms with Gasteiger partial charge in [0.25, 0.3) is 0 Å². The summed E-state index contributed by atoms with van der Waals surface area (Å²) in [5, 5.41) is 15.3. The normalized spacial score (nSPS) is 21.6. The Kier molecular flexibility index (Phi) is 10.6. The van der Waals surface area contributed by atoms with Gasteiger partial charge in [-0.05, 0) is 37.6 Å². The van der Waals surface area contributed by atoms with E-state index in [0.29, 0.717) is 5.75 Å². The lowest BCUT2D eigenvalue weighted by molar-refractivity contribution is -0.170. The number of carbonyl (C=O) groups is 3. The van der Waals surface area contributed by atoms with E-state index in [1.165, 1.54) is 4.90 Å². The van der Waals surface area contributed by atoms with Crippen LogP contribution >= 0.6 is 15.9 Å². The molecule has 0 saturated carbocycles. The number of benzene rings is 2. The van der Waals surface area contributed by atoms with Crippen molar-refractivity contribution in [2.45, 2.75) is 50.9 Å². The smallest absolute Gasteiger partial charge is 0.407 e. The van der Waals surface area contributed by atoms with Crippen LogP contribution in [0.5, 0.6) is 5.75 Å². The number of hydrogen-bond acceptors (Lipinski definition) is 8. The number of alkyl carbamates (subject to hydrolysis) is 1. The number of rotatable bonds is 12. The average Bonchev–Trinajstić information content (AvgIpc) is 3.44. The van der Waals surface area contributed by atoms with Crippen LogP contribution in [0.15, 0.2) is 59.1 Å². The Hall–Kier alpha value is -3.19. The number of nitrogens with one attached hydrogen (secondary N) is 2. The molecule has 222 valence electrons. The molecule has 0 aliphatic carbocycles. The van der Waals surface area contributed by atoms with Crippen LogP contribution in [0, 0.1) is 5.92 Å². The minimum atomic E-state index is -0.926. The van der Waals surface area contributed by atoms with Gasteiger partial charge in [0.2, 0.25) is 11.8 Å². The summed E-state index contributed by atoms with van der Waals surface area (Å²) < 4.78 is 23.8. The van der Waals surface area contributed by atoms with Crippen LogP contribution in [0.25, 0.3) is 0 Å². The maximum absolute atomic E-state index is 13.4. The molecule has 2 aromatic carbocycles. The molecule has 3 amide bonds. The van der Waals surface area contributed by atoms with Crippen LogP contribution in [0.1, 0.15) is 25.8 Å². The van der Waals surface area contributed by atoms with E-state index >= 15 is 0 Å². The van der Waals surface area contributed by atoms with Crippen molar-refractivity contribution < 1.29 is 38.4 Å². The molecule has 2 saturated heterocycles. The predicted octanol–water partition coefficient (Wildman–Crippen LogP) is 2.60. The highest BCUT2D eigenvalue weighted by atomic mass is 79.9. The molecule has 4 rings (SSSR count). The monoisotopic (exact) mass is 633 g/mol. The Bertz CT molecular complexity index is 1200. The zero-order valence-corrected chi connectivity index (χ0v) is 24.7. The lowest BCUT2D eigenvalue weighted by atomic mass is 10.1. The Morgan fingerprint density at radius 3 is 2.63 bits per heavy atom. The van der Waals surface area contributed by atoms with Crippen molar-refractivity contribution in [3.63, 3.8) is 0 Å². The van der Waals surface area contributed by atoms with E-state index in [1.54, 1.807) is 19.9 Å². The minimum Gasteiger partial charge on any atom is -0.493 e. The van der Waals surface area contributed by atoms with Crippen molar-refractivity contribution >= 4 is 33.8 Å². The first kappa shape index (κ1) is 30.8. The van der Waals surface area contributed by atoms with Crippen molar-refractivity contribution in [1.29, 1.82) is 0 Å². The summed E-state index contributed by atoms with van der Waals surface area (Å²) in [7, 11) is 0. The number of fused-ring (bicyclic) bond motifs is 1. The van der Waals surface area contributed by atoms with Crippen LogP contribution in [-0.4, -0.2) is 84.8 Å². The summed E-state index contributed by atoms with van der Waals surface area (Å²) in [6, 6.07) is 15.7. The van der Waals surface area contributed by atoms with Gasteiger partial charge in [0.05, 0.1) is 19.8 Å². The SMILES string of the molecule is CC1(C)O[C@H]2[C@H](CN(C(=O)CCNC(=O)OCc3ccccc3)[C@@H]2C(=O)NC[C@@H](CO)COc2cccc(Br)c2)O1. The lowest BCUT2D eigenvalue weighted by Gasteiger charge is -2.29. The van der Waals surface area contributed by atoms with Gasteiger partial charge in [-0.3, -0.25) is 9.59 Å². The summed E-state index contributed by atoms with van der Waals surface area (Å²) >= 11 is 3.39. The number of ether oxygens (including phenoxy) is 4. The van der Waals surface area contributed by atoms with Gasteiger partial charge in [-0.1, -0.05) is 52.3 Å². The second-order valence-electron chi connectivity index (χ2n) is 10.4. The quantitative estimate of drug-likeness (QED) is 0.325. The molecule has 3 N–H and O–H groups in total. The van der Waals surface area contributed by atoms with Crippen LogP contribution in [0.4, 0.5) is 4.79 Å². The number of halogens is 1. The van der Waals surface area contributed by atoms with Crippen molar-refractivity contribution in [1.82, 2.24) is 15.5 Å². The van der Waals surface area contributed by atoms with E-state index in [-0.39, 0.29) is 57.7 Å². The molecule has 0 radical (unpaired) electrons. The van der Waals surface area contributed by atoms with Gasteiger partial charge in [-0.25, -0.2) is 4.79 Å². The molecule has 0 unspecified atom stereocenters. The van der Waals surface area contributed by atoms with E-state index in [0.717, 1.165) is 10.0 Å². The first-order valence-corrected chi connectivity index (χ1v) is 14.3. The standard InChI is InChI=1S/C29H36BrN3O8/c1-29(2)40-23-15-33(24(35)11-12-31-28(37)39-17-19-7-4-3-5-8-19)25(26(23)41-29)27(36)32-14-20(16-34)18-38-22-10-6-9-21(30)13-22/h3-10,13,20,23,25-26,34H,11-12,14-18H2,1-2H3,(H,31,37)(H,32,36)/t20-,23-,25-,26-/m0/s1. The van der Waals surface area contributed by atoms with Crippen LogP contribution in [0.3, 0.4) is 0 Å². The van der Waals surface area contributed by atoms with E-state index < -0.39 is 36.0 Å². The van der Waals surface area contributed by atoms with Crippen molar-refractivity contribution in [2.24, 2.45) is 5.92 Å². The predicted molar refractivity (Wildman–Crippen MR) is 152 cm³/mol. The molecule has 0 bridgehead atoms. The summed E-state index contributed by atoms with van der Waals surface area (Å²) in [4.78, 5) is 40.1. The largest absolute Gasteiger partial charge is 0.493 e. The van der Waals surface area contributed by atoms with Gasteiger partial charge < -0.3 is 39.6 Å². The second-order valence-corrected chi connectivity index (χ2v) is 11.3. The van der Waals surface area contributed by atoms with Gasteiger partial charge in [-0.15, -0.1) is 0 Å². The molecule has 2 fully saturated rings. The fourth-order valence-electron chi connectivity index (χ4n) is 4.79. The number of likely N-dealkylation sites (tertiary alicyclic amines) is 1. The fraction of sp³-hybridized carbons (Fsp3) is 0.483. The Morgan fingerprint density at radius 1 is 1.12 bits per heavy atom. The minimum absolute atomic E-state index is 0.0349. The highest BCUT2D eigenvalue weighted by Crippen LogP contribution is 2.37. The Labute approximate surface area is 247 Å². The topological polar surface area (TPSA) is 136 Å². The van der Waals surface area contributed by atoms with Crippen molar-refractivity contribution in [3.8, 4) is 5.75 Å².